The maximum absolute atomic E-state index is 12.6. The molecule has 0 bridgehead atoms. The minimum atomic E-state index is -0.152. The number of nitrogens with one attached hydrogen (secondary N) is 1. The molecule has 0 aliphatic carbocycles. The summed E-state index contributed by atoms with van der Waals surface area (Å²) < 4.78 is 0. The monoisotopic (exact) mass is 444 g/mol. The summed E-state index contributed by atoms with van der Waals surface area (Å²) >= 11 is 3.28. The summed E-state index contributed by atoms with van der Waals surface area (Å²) in [5.74, 6) is -0.152. The normalized spacial score (nSPS) is 10.5. The second kappa shape index (κ2) is 10.1. The van der Waals surface area contributed by atoms with Crippen LogP contribution in [-0.4, -0.2) is 29.9 Å². The molecule has 31 heavy (non-hydrogen) atoms. The molecule has 1 N–H and O–H groups in total. The number of thiophene rings is 2. The number of amides is 1. The van der Waals surface area contributed by atoms with Crippen LogP contribution in [0.25, 0.3) is 0 Å². The molecule has 3 heterocycles. The summed E-state index contributed by atoms with van der Waals surface area (Å²) in [4.78, 5) is 27.8. The number of benzene rings is 1. The van der Waals surface area contributed by atoms with Gasteiger partial charge in [-0.1, -0.05) is 18.2 Å². The van der Waals surface area contributed by atoms with E-state index >= 15 is 0 Å². The number of aliphatic imine (C=N–C) groups is 2. The Bertz CT molecular complexity index is 1150. The third kappa shape index (κ3) is 5.20. The SMILES string of the molecule is C=Nc1cc(C(=O)NCCc2cccnc2)ccc1N=C(c1cccs1)c1cccs1. The van der Waals surface area contributed by atoms with E-state index in [0.717, 1.165) is 27.5 Å². The van der Waals surface area contributed by atoms with Crippen molar-refractivity contribution in [3.63, 3.8) is 0 Å². The molecule has 1 aromatic carbocycles. The van der Waals surface area contributed by atoms with Crippen molar-refractivity contribution in [2.75, 3.05) is 6.54 Å². The number of aromatic nitrogens is 1. The molecular weight excluding hydrogens is 424 g/mol. The highest BCUT2D eigenvalue weighted by Gasteiger charge is 2.13. The van der Waals surface area contributed by atoms with Crippen LogP contribution in [0.2, 0.25) is 0 Å². The van der Waals surface area contributed by atoms with Crippen LogP contribution in [0.5, 0.6) is 0 Å². The van der Waals surface area contributed by atoms with Gasteiger partial charge in [0, 0.05) is 24.5 Å². The lowest BCUT2D eigenvalue weighted by atomic mass is 10.1. The van der Waals surface area contributed by atoms with Crippen molar-refractivity contribution in [1.82, 2.24) is 10.3 Å². The molecule has 0 atom stereocenters. The fraction of sp³-hybridized carbons (Fsp3) is 0.0833. The maximum atomic E-state index is 12.6. The summed E-state index contributed by atoms with van der Waals surface area (Å²) in [5, 5.41) is 7.01. The Morgan fingerprint density at radius 1 is 1.00 bits per heavy atom. The Hall–Kier alpha value is -3.42. The average molecular weight is 445 g/mol. The zero-order chi connectivity index (χ0) is 21.5. The van der Waals surface area contributed by atoms with Gasteiger partial charge in [-0.25, -0.2) is 4.99 Å². The van der Waals surface area contributed by atoms with Gasteiger partial charge in [-0.15, -0.1) is 22.7 Å². The van der Waals surface area contributed by atoms with E-state index in [9.17, 15) is 4.79 Å². The summed E-state index contributed by atoms with van der Waals surface area (Å²) in [7, 11) is 0. The van der Waals surface area contributed by atoms with Crippen LogP contribution in [0.3, 0.4) is 0 Å². The first-order valence-corrected chi connectivity index (χ1v) is 11.4. The lowest BCUT2D eigenvalue weighted by Gasteiger charge is -2.08. The zero-order valence-electron chi connectivity index (χ0n) is 16.7. The van der Waals surface area contributed by atoms with Gasteiger partial charge in [0.1, 0.15) is 0 Å². The van der Waals surface area contributed by atoms with Crippen molar-refractivity contribution in [3.05, 3.63) is 98.6 Å². The maximum Gasteiger partial charge on any atom is 0.251 e. The highest BCUT2D eigenvalue weighted by molar-refractivity contribution is 7.15. The van der Waals surface area contributed by atoms with Gasteiger partial charge in [-0.2, -0.15) is 0 Å². The molecule has 0 fully saturated rings. The van der Waals surface area contributed by atoms with Crippen LogP contribution in [0.4, 0.5) is 11.4 Å². The lowest BCUT2D eigenvalue weighted by molar-refractivity contribution is 0.0954. The number of hydrogen-bond donors (Lipinski definition) is 1. The van der Waals surface area contributed by atoms with Crippen molar-refractivity contribution >= 4 is 52.4 Å². The molecule has 7 heteroatoms. The predicted molar refractivity (Wildman–Crippen MR) is 130 cm³/mol. The molecule has 5 nitrogen and oxygen atoms in total. The Balaban J connectivity index is 1.54. The smallest absolute Gasteiger partial charge is 0.251 e. The van der Waals surface area contributed by atoms with E-state index in [-0.39, 0.29) is 5.91 Å². The molecule has 0 spiro atoms. The van der Waals surface area contributed by atoms with Gasteiger partial charge in [-0.05, 0) is 65.9 Å². The van der Waals surface area contributed by atoms with Gasteiger partial charge < -0.3 is 5.32 Å². The van der Waals surface area contributed by atoms with Crippen LogP contribution < -0.4 is 5.32 Å². The lowest BCUT2D eigenvalue weighted by Crippen LogP contribution is -2.25. The molecule has 3 aromatic heterocycles. The van der Waals surface area contributed by atoms with E-state index < -0.39 is 0 Å². The predicted octanol–water partition coefficient (Wildman–Crippen LogP) is 5.68. The molecule has 0 aliphatic rings. The van der Waals surface area contributed by atoms with E-state index in [1.54, 1.807) is 47.2 Å². The Morgan fingerprint density at radius 2 is 1.77 bits per heavy atom. The molecule has 4 aromatic rings. The first kappa shape index (κ1) is 20.8. The summed E-state index contributed by atoms with van der Waals surface area (Å²) in [5.41, 5.74) is 3.75. The van der Waals surface area contributed by atoms with Crippen molar-refractivity contribution in [1.29, 1.82) is 0 Å². The van der Waals surface area contributed by atoms with Crippen LogP contribution in [0, 0.1) is 0 Å². The third-order valence-electron chi connectivity index (χ3n) is 4.57. The van der Waals surface area contributed by atoms with E-state index in [0.29, 0.717) is 23.5 Å². The Morgan fingerprint density at radius 3 is 2.39 bits per heavy atom. The van der Waals surface area contributed by atoms with E-state index in [1.165, 1.54) is 0 Å². The van der Waals surface area contributed by atoms with Crippen molar-refractivity contribution in [2.24, 2.45) is 9.98 Å². The van der Waals surface area contributed by atoms with Crippen molar-refractivity contribution in [3.8, 4) is 0 Å². The second-order valence-corrected chi connectivity index (χ2v) is 8.54. The van der Waals surface area contributed by atoms with Gasteiger partial charge in [0.15, 0.2) is 0 Å². The van der Waals surface area contributed by atoms with E-state index in [4.69, 9.17) is 4.99 Å². The molecule has 0 saturated heterocycles. The molecule has 4 rings (SSSR count). The minimum absolute atomic E-state index is 0.152. The van der Waals surface area contributed by atoms with Crippen LogP contribution in [-0.2, 0) is 6.42 Å². The number of rotatable bonds is 8. The highest BCUT2D eigenvalue weighted by atomic mass is 32.1. The summed E-state index contributed by atoms with van der Waals surface area (Å²) in [6, 6.07) is 17.3. The van der Waals surface area contributed by atoms with E-state index in [2.05, 4.69) is 22.0 Å². The van der Waals surface area contributed by atoms with Crippen molar-refractivity contribution < 1.29 is 4.79 Å². The number of carbonyl (C=O) groups excluding carboxylic acids is 1. The average Bonchev–Trinajstić information content (AvgIpc) is 3.53. The molecule has 0 aliphatic heterocycles. The molecule has 0 unspecified atom stereocenters. The Labute approximate surface area is 188 Å². The third-order valence-corrected chi connectivity index (χ3v) is 6.32. The summed E-state index contributed by atoms with van der Waals surface area (Å²) in [6.45, 7) is 4.20. The fourth-order valence-corrected chi connectivity index (χ4v) is 4.55. The number of pyridine rings is 1. The number of carbonyl (C=O) groups is 1. The molecule has 154 valence electrons. The van der Waals surface area contributed by atoms with Gasteiger partial charge in [0.2, 0.25) is 0 Å². The topological polar surface area (TPSA) is 66.7 Å². The van der Waals surface area contributed by atoms with Gasteiger partial charge in [0.25, 0.3) is 5.91 Å². The van der Waals surface area contributed by atoms with Crippen molar-refractivity contribution in [2.45, 2.75) is 6.42 Å². The van der Waals surface area contributed by atoms with Gasteiger partial charge in [0.05, 0.1) is 26.8 Å². The van der Waals surface area contributed by atoms with Crippen LogP contribution in [0.1, 0.15) is 25.7 Å². The first-order valence-electron chi connectivity index (χ1n) is 9.69. The zero-order valence-corrected chi connectivity index (χ0v) is 18.3. The Kier molecular flexibility index (Phi) is 6.76. The standard InChI is InChI=1S/C24H20N4OS2/c1-25-20-15-18(24(29)27-12-10-17-5-2-11-26-16-17)8-9-19(20)28-23(21-6-3-13-30-21)22-7-4-14-31-22/h2-9,11,13-16H,1,10,12H2,(H,27,29). The number of nitrogens with zero attached hydrogens (tertiary/aromatic N) is 3. The quantitative estimate of drug-likeness (QED) is 0.355. The summed E-state index contributed by atoms with van der Waals surface area (Å²) in [6.07, 6.45) is 4.26. The minimum Gasteiger partial charge on any atom is -0.352 e. The first-order chi connectivity index (χ1) is 15.2. The molecule has 1 amide bonds. The van der Waals surface area contributed by atoms with Crippen LogP contribution >= 0.6 is 22.7 Å². The molecular formula is C24H20N4OS2. The molecule has 0 saturated carbocycles. The van der Waals surface area contributed by atoms with Crippen LogP contribution in [0.15, 0.2) is 87.7 Å². The highest BCUT2D eigenvalue weighted by Crippen LogP contribution is 2.31. The van der Waals surface area contributed by atoms with Gasteiger partial charge in [-0.3, -0.25) is 14.8 Å². The van der Waals surface area contributed by atoms with Gasteiger partial charge >= 0.3 is 0 Å². The largest absolute Gasteiger partial charge is 0.352 e. The van der Waals surface area contributed by atoms with E-state index in [1.807, 2.05) is 53.2 Å². The molecule has 0 radical (unpaired) electrons. The fourth-order valence-electron chi connectivity index (χ4n) is 3.03. The number of hydrogen-bond acceptors (Lipinski definition) is 6. The second-order valence-electron chi connectivity index (χ2n) is 6.64.